The first kappa shape index (κ1) is 18.3. The van der Waals surface area contributed by atoms with E-state index < -0.39 is 23.2 Å². The molecule has 0 aliphatic carbocycles. The van der Waals surface area contributed by atoms with Crippen LogP contribution in [0, 0.1) is 11.6 Å². The van der Waals surface area contributed by atoms with Crippen LogP contribution in [-0.4, -0.2) is 36.1 Å². The van der Waals surface area contributed by atoms with Crippen LogP contribution in [0.3, 0.4) is 0 Å². The zero-order valence-corrected chi connectivity index (χ0v) is 14.6. The number of rotatable bonds is 5. The number of carboxylic acids is 1. The lowest BCUT2D eigenvalue weighted by Crippen LogP contribution is -2.02. The number of nitrogens with zero attached hydrogens (tertiary/aromatic N) is 3. The Balaban J connectivity index is 1.79. The van der Waals surface area contributed by atoms with Crippen molar-refractivity contribution in [2.75, 3.05) is 5.32 Å². The van der Waals surface area contributed by atoms with E-state index in [1.54, 1.807) is 24.3 Å². The van der Waals surface area contributed by atoms with Crippen molar-refractivity contribution in [3.05, 3.63) is 60.1 Å². The predicted molar refractivity (Wildman–Crippen MR) is 99.8 cm³/mol. The highest BCUT2D eigenvalue weighted by Crippen LogP contribution is 2.34. The number of carbonyl (C=O) groups is 1. The quantitative estimate of drug-likeness (QED) is 0.407. The van der Waals surface area contributed by atoms with E-state index in [1.165, 1.54) is 6.20 Å². The third-order valence-electron chi connectivity index (χ3n) is 4.17. The lowest BCUT2D eigenvalue weighted by molar-refractivity contribution is -0.136. The number of fused-ring (bicyclic) bond motifs is 1. The van der Waals surface area contributed by atoms with Crippen LogP contribution in [0.4, 0.5) is 20.3 Å². The van der Waals surface area contributed by atoms with Gasteiger partial charge in [0.05, 0.1) is 29.9 Å². The van der Waals surface area contributed by atoms with Gasteiger partial charge in [0.2, 0.25) is 5.88 Å². The molecule has 4 N–H and O–H groups in total. The highest BCUT2D eigenvalue weighted by molar-refractivity contribution is 5.96. The molecule has 4 aromatic rings. The monoisotopic (exact) mass is 397 g/mol. The predicted octanol–water partition coefficient (Wildman–Crippen LogP) is 3.37. The Morgan fingerprint density at radius 1 is 1.10 bits per heavy atom. The molecule has 146 valence electrons. The fourth-order valence-electron chi connectivity index (χ4n) is 2.87. The summed E-state index contributed by atoms with van der Waals surface area (Å²) in [7, 11) is 0. The summed E-state index contributed by atoms with van der Waals surface area (Å²) in [5, 5.41) is 22.1. The summed E-state index contributed by atoms with van der Waals surface area (Å²) in [6, 6.07) is 6.50. The maximum absolute atomic E-state index is 14.1. The number of aromatic nitrogens is 4. The number of anilines is 2. The molecule has 0 saturated carbocycles. The molecule has 0 radical (unpaired) electrons. The highest BCUT2D eigenvalue weighted by atomic mass is 19.1. The number of carboxylic acid groups (broad SMARTS) is 1. The number of H-pyrrole nitrogens is 1. The highest BCUT2D eigenvalue weighted by Gasteiger charge is 2.20. The van der Waals surface area contributed by atoms with Crippen LogP contribution in [0.1, 0.15) is 5.56 Å². The SMILES string of the molecule is O=C(O)Cc1ccc(Nc2nc(-c3c(F)cncc3F)nc3c[nH]c(O)c23)cc1. The average molecular weight is 397 g/mol. The van der Waals surface area contributed by atoms with Gasteiger partial charge in [0.25, 0.3) is 0 Å². The molecular weight excluding hydrogens is 384 g/mol. The van der Waals surface area contributed by atoms with Gasteiger partial charge in [-0.25, -0.2) is 18.7 Å². The summed E-state index contributed by atoms with van der Waals surface area (Å²) in [6.45, 7) is 0. The first-order valence-corrected chi connectivity index (χ1v) is 8.37. The Morgan fingerprint density at radius 2 is 1.79 bits per heavy atom. The van der Waals surface area contributed by atoms with E-state index in [9.17, 15) is 18.7 Å². The molecule has 0 spiro atoms. The second-order valence-corrected chi connectivity index (χ2v) is 6.16. The fraction of sp³-hybridized carbons (Fsp3) is 0.0526. The van der Waals surface area contributed by atoms with Gasteiger partial charge >= 0.3 is 5.97 Å². The van der Waals surface area contributed by atoms with Crippen molar-refractivity contribution in [3.63, 3.8) is 0 Å². The Morgan fingerprint density at radius 3 is 2.45 bits per heavy atom. The van der Waals surface area contributed by atoms with Crippen LogP contribution >= 0.6 is 0 Å². The molecule has 0 amide bonds. The third kappa shape index (κ3) is 3.55. The van der Waals surface area contributed by atoms with Crippen LogP contribution in [0.15, 0.2) is 42.9 Å². The summed E-state index contributed by atoms with van der Waals surface area (Å²) >= 11 is 0. The maximum atomic E-state index is 14.1. The fourth-order valence-corrected chi connectivity index (χ4v) is 2.87. The van der Waals surface area contributed by atoms with Gasteiger partial charge in [-0.05, 0) is 17.7 Å². The van der Waals surface area contributed by atoms with Gasteiger partial charge in [0.1, 0.15) is 11.2 Å². The molecule has 29 heavy (non-hydrogen) atoms. The average Bonchev–Trinajstić information content (AvgIpc) is 3.04. The van der Waals surface area contributed by atoms with E-state index in [0.717, 1.165) is 12.4 Å². The first-order valence-electron chi connectivity index (χ1n) is 8.37. The van der Waals surface area contributed by atoms with Gasteiger partial charge in [-0.1, -0.05) is 12.1 Å². The molecule has 0 atom stereocenters. The van der Waals surface area contributed by atoms with Gasteiger partial charge in [-0.15, -0.1) is 0 Å². The van der Waals surface area contributed by atoms with Crippen molar-refractivity contribution in [2.24, 2.45) is 0 Å². The number of benzene rings is 1. The summed E-state index contributed by atoms with van der Waals surface area (Å²) in [4.78, 5) is 25.1. The zero-order valence-electron chi connectivity index (χ0n) is 14.6. The standard InChI is InChI=1S/C19H13F2N5O3/c20-11-6-22-7-12(21)15(11)17-25-13-8-23-19(29)16(13)18(26-17)24-10-3-1-9(2-4-10)5-14(27)28/h1-4,6-8,23,29H,5H2,(H,27,28)(H,24,25,26). The van der Waals surface area contributed by atoms with E-state index in [4.69, 9.17) is 5.11 Å². The summed E-state index contributed by atoms with van der Waals surface area (Å²) in [5.41, 5.74) is 0.930. The van der Waals surface area contributed by atoms with Gasteiger partial charge in [0.15, 0.2) is 17.5 Å². The topological polar surface area (TPSA) is 124 Å². The van der Waals surface area contributed by atoms with Crippen LogP contribution in [-0.2, 0) is 11.2 Å². The van der Waals surface area contributed by atoms with Gasteiger partial charge in [-0.3, -0.25) is 9.78 Å². The Bertz CT molecular complexity index is 1200. The maximum Gasteiger partial charge on any atom is 0.307 e. The molecule has 0 bridgehead atoms. The van der Waals surface area contributed by atoms with E-state index >= 15 is 0 Å². The summed E-state index contributed by atoms with van der Waals surface area (Å²) in [6.07, 6.45) is 2.97. The molecule has 4 rings (SSSR count). The third-order valence-corrected chi connectivity index (χ3v) is 4.17. The molecule has 1 aromatic carbocycles. The Kier molecular flexibility index (Phi) is 4.51. The normalized spacial score (nSPS) is 11.0. The van der Waals surface area contributed by atoms with Crippen molar-refractivity contribution in [1.29, 1.82) is 0 Å². The van der Waals surface area contributed by atoms with E-state index in [2.05, 4.69) is 25.3 Å². The molecule has 3 aromatic heterocycles. The zero-order chi connectivity index (χ0) is 20.5. The van der Waals surface area contributed by atoms with Crippen LogP contribution in [0.5, 0.6) is 5.88 Å². The molecular formula is C19H13F2N5O3. The minimum absolute atomic E-state index is 0.116. The number of nitrogens with one attached hydrogen (secondary N) is 2. The van der Waals surface area contributed by atoms with Crippen LogP contribution < -0.4 is 5.32 Å². The molecule has 0 aliphatic heterocycles. The molecule has 0 aliphatic rings. The lowest BCUT2D eigenvalue weighted by atomic mass is 10.1. The number of pyridine rings is 1. The number of hydrogen-bond donors (Lipinski definition) is 4. The van der Waals surface area contributed by atoms with E-state index in [-0.39, 0.29) is 34.8 Å². The Labute approximate surface area is 161 Å². The van der Waals surface area contributed by atoms with Gasteiger partial charge in [0, 0.05) is 11.9 Å². The number of aromatic amines is 1. The summed E-state index contributed by atoms with van der Waals surface area (Å²) < 4.78 is 28.3. The van der Waals surface area contributed by atoms with Crippen molar-refractivity contribution < 1.29 is 23.8 Å². The van der Waals surface area contributed by atoms with Crippen LogP contribution in [0.25, 0.3) is 22.3 Å². The molecule has 8 nitrogen and oxygen atoms in total. The minimum Gasteiger partial charge on any atom is -0.494 e. The number of halogens is 2. The van der Waals surface area contributed by atoms with Crippen molar-refractivity contribution >= 4 is 28.4 Å². The van der Waals surface area contributed by atoms with E-state index in [0.29, 0.717) is 11.3 Å². The van der Waals surface area contributed by atoms with Crippen LogP contribution in [0.2, 0.25) is 0 Å². The number of aromatic hydroxyl groups is 1. The number of hydrogen-bond acceptors (Lipinski definition) is 6. The minimum atomic E-state index is -0.952. The molecule has 3 heterocycles. The first-order chi connectivity index (χ1) is 13.9. The van der Waals surface area contributed by atoms with Gasteiger partial charge in [-0.2, -0.15) is 0 Å². The molecule has 0 fully saturated rings. The lowest BCUT2D eigenvalue weighted by Gasteiger charge is -2.10. The second kappa shape index (κ2) is 7.15. The molecule has 0 unspecified atom stereocenters. The molecule has 0 saturated heterocycles. The van der Waals surface area contributed by atoms with E-state index in [1.807, 2.05) is 0 Å². The smallest absolute Gasteiger partial charge is 0.307 e. The largest absolute Gasteiger partial charge is 0.494 e. The van der Waals surface area contributed by atoms with Crippen molar-refractivity contribution in [2.45, 2.75) is 6.42 Å². The van der Waals surface area contributed by atoms with Crippen molar-refractivity contribution in [1.82, 2.24) is 19.9 Å². The number of aliphatic carboxylic acids is 1. The Hall–Kier alpha value is -4.08. The van der Waals surface area contributed by atoms with Crippen molar-refractivity contribution in [3.8, 4) is 17.3 Å². The summed E-state index contributed by atoms with van der Waals surface area (Å²) in [5.74, 6) is -3.12. The second-order valence-electron chi connectivity index (χ2n) is 6.16. The van der Waals surface area contributed by atoms with Gasteiger partial charge < -0.3 is 20.5 Å². The molecule has 10 heteroatoms.